The molecule has 3 aromatic rings. The van der Waals surface area contributed by atoms with Gasteiger partial charge in [0.05, 0.1) is 22.1 Å². The number of thioether (sulfide) groups is 1. The van der Waals surface area contributed by atoms with E-state index in [2.05, 4.69) is 24.1 Å². The number of carbonyl (C=O) groups excluding carboxylic acids is 1. The minimum absolute atomic E-state index is 0.0248. The van der Waals surface area contributed by atoms with Crippen molar-refractivity contribution in [3.8, 4) is 5.69 Å². The number of imidazole rings is 1. The third-order valence-corrected chi connectivity index (χ3v) is 5.16. The average molecular weight is 414 g/mol. The van der Waals surface area contributed by atoms with Crippen LogP contribution in [-0.4, -0.2) is 26.1 Å². The summed E-state index contributed by atoms with van der Waals surface area (Å²) in [6, 6.07) is 10.9. The fraction of sp³-hybridized carbons (Fsp3) is 0.200. The Morgan fingerprint density at radius 2 is 2.07 bits per heavy atom. The molecular formula is C20H19FN4O3S. The highest BCUT2D eigenvalue weighted by Crippen LogP contribution is 2.27. The van der Waals surface area contributed by atoms with Gasteiger partial charge in [-0.2, -0.15) is 0 Å². The number of nitro groups is 1. The lowest BCUT2D eigenvalue weighted by atomic mass is 10.0. The summed E-state index contributed by atoms with van der Waals surface area (Å²) in [6.45, 7) is 4.20. The van der Waals surface area contributed by atoms with Gasteiger partial charge in [-0.15, -0.1) is 0 Å². The van der Waals surface area contributed by atoms with Crippen LogP contribution in [0.3, 0.4) is 0 Å². The molecule has 0 aliphatic rings. The first-order valence-electron chi connectivity index (χ1n) is 8.86. The molecule has 0 fully saturated rings. The molecule has 1 N–H and O–H groups in total. The molecule has 29 heavy (non-hydrogen) atoms. The van der Waals surface area contributed by atoms with E-state index in [1.807, 2.05) is 35.0 Å². The first kappa shape index (κ1) is 20.5. The van der Waals surface area contributed by atoms with Gasteiger partial charge < -0.3 is 5.32 Å². The summed E-state index contributed by atoms with van der Waals surface area (Å²) < 4.78 is 15.8. The van der Waals surface area contributed by atoms with Gasteiger partial charge in [0.15, 0.2) is 5.16 Å². The van der Waals surface area contributed by atoms with Crippen LogP contribution in [0.1, 0.15) is 25.3 Å². The van der Waals surface area contributed by atoms with Gasteiger partial charge in [0, 0.05) is 24.5 Å². The fourth-order valence-corrected chi connectivity index (χ4v) is 3.58. The summed E-state index contributed by atoms with van der Waals surface area (Å²) in [5.41, 5.74) is 1.61. The molecule has 0 atom stereocenters. The molecule has 0 unspecified atom stereocenters. The second-order valence-electron chi connectivity index (χ2n) is 6.55. The van der Waals surface area contributed by atoms with E-state index in [4.69, 9.17) is 0 Å². The number of halogens is 1. The van der Waals surface area contributed by atoms with Crippen LogP contribution in [0, 0.1) is 15.9 Å². The van der Waals surface area contributed by atoms with Crippen molar-refractivity contribution < 1.29 is 14.1 Å². The van der Waals surface area contributed by atoms with Crippen LogP contribution in [-0.2, 0) is 4.79 Å². The number of para-hydroxylation sites is 1. The predicted molar refractivity (Wildman–Crippen MR) is 110 cm³/mol. The molecule has 0 radical (unpaired) electrons. The number of nitro benzene ring substituents is 1. The zero-order valence-corrected chi connectivity index (χ0v) is 16.6. The summed E-state index contributed by atoms with van der Waals surface area (Å²) in [6.07, 6.45) is 3.47. The smallest absolute Gasteiger partial charge is 0.271 e. The molecule has 0 saturated heterocycles. The van der Waals surface area contributed by atoms with Gasteiger partial charge in [0.1, 0.15) is 5.82 Å². The van der Waals surface area contributed by atoms with Crippen LogP contribution >= 0.6 is 11.8 Å². The highest BCUT2D eigenvalue weighted by Gasteiger charge is 2.16. The number of rotatable bonds is 7. The molecule has 1 heterocycles. The van der Waals surface area contributed by atoms with E-state index in [0.29, 0.717) is 11.1 Å². The highest BCUT2D eigenvalue weighted by molar-refractivity contribution is 7.99. The molecule has 0 bridgehead atoms. The van der Waals surface area contributed by atoms with E-state index < -0.39 is 16.6 Å². The maximum atomic E-state index is 13.9. The molecule has 0 aliphatic carbocycles. The largest absolute Gasteiger partial charge is 0.323 e. The van der Waals surface area contributed by atoms with Crippen LogP contribution < -0.4 is 5.32 Å². The van der Waals surface area contributed by atoms with Crippen molar-refractivity contribution in [3.05, 3.63) is 76.4 Å². The van der Waals surface area contributed by atoms with Crippen molar-refractivity contribution in [2.45, 2.75) is 24.9 Å². The van der Waals surface area contributed by atoms with E-state index in [9.17, 15) is 19.3 Å². The van der Waals surface area contributed by atoms with Crippen LogP contribution in [0.2, 0.25) is 0 Å². The minimum Gasteiger partial charge on any atom is -0.323 e. The molecular weight excluding hydrogens is 395 g/mol. The number of hydrogen-bond acceptors (Lipinski definition) is 5. The number of anilines is 1. The van der Waals surface area contributed by atoms with Crippen molar-refractivity contribution in [2.75, 3.05) is 11.1 Å². The lowest BCUT2D eigenvalue weighted by molar-refractivity contribution is -0.384. The number of non-ortho nitro benzene ring substituents is 1. The summed E-state index contributed by atoms with van der Waals surface area (Å²) in [5.74, 6) is -0.933. The van der Waals surface area contributed by atoms with Crippen molar-refractivity contribution in [1.82, 2.24) is 9.55 Å². The molecule has 2 aromatic carbocycles. The standard InChI is InChI=1S/C20H19FN4O3S/c1-13(2)15-5-3-4-6-18(15)24-10-9-22-20(24)29-12-19(26)23-17-11-14(25(27)28)7-8-16(17)21/h3-11,13H,12H2,1-2H3,(H,23,26). The molecule has 150 valence electrons. The first-order valence-corrected chi connectivity index (χ1v) is 9.84. The zero-order chi connectivity index (χ0) is 21.0. The van der Waals surface area contributed by atoms with Crippen LogP contribution in [0.5, 0.6) is 0 Å². The third-order valence-electron chi connectivity index (χ3n) is 4.19. The Balaban J connectivity index is 1.73. The minimum atomic E-state index is -0.735. The van der Waals surface area contributed by atoms with Crippen LogP contribution in [0.25, 0.3) is 5.69 Å². The van der Waals surface area contributed by atoms with Crippen molar-refractivity contribution >= 4 is 29.0 Å². The Morgan fingerprint density at radius 1 is 1.31 bits per heavy atom. The fourth-order valence-electron chi connectivity index (χ4n) is 2.81. The molecule has 3 rings (SSSR count). The van der Waals surface area contributed by atoms with Gasteiger partial charge >= 0.3 is 0 Å². The van der Waals surface area contributed by atoms with E-state index in [-0.39, 0.29) is 17.1 Å². The topological polar surface area (TPSA) is 90.1 Å². The lowest BCUT2D eigenvalue weighted by Crippen LogP contribution is -2.15. The van der Waals surface area contributed by atoms with E-state index in [1.54, 1.807) is 6.20 Å². The van der Waals surface area contributed by atoms with Crippen molar-refractivity contribution in [2.24, 2.45) is 0 Å². The molecule has 1 amide bonds. The Hall–Kier alpha value is -3.20. The monoisotopic (exact) mass is 414 g/mol. The van der Waals surface area contributed by atoms with E-state index in [1.165, 1.54) is 11.8 Å². The molecule has 7 nitrogen and oxygen atoms in total. The number of amides is 1. The van der Waals surface area contributed by atoms with E-state index >= 15 is 0 Å². The second kappa shape index (κ2) is 8.87. The normalized spacial score (nSPS) is 10.9. The summed E-state index contributed by atoms with van der Waals surface area (Å²) in [5, 5.41) is 13.8. The van der Waals surface area contributed by atoms with Gasteiger partial charge in [-0.25, -0.2) is 9.37 Å². The Labute approximate surface area is 171 Å². The number of aromatic nitrogens is 2. The Bertz CT molecular complexity index is 1050. The third kappa shape index (κ3) is 4.80. The summed E-state index contributed by atoms with van der Waals surface area (Å²) >= 11 is 1.20. The molecule has 9 heteroatoms. The SMILES string of the molecule is CC(C)c1ccccc1-n1ccnc1SCC(=O)Nc1cc([N+](=O)[O-])ccc1F. The van der Waals surface area contributed by atoms with Crippen LogP contribution in [0.4, 0.5) is 15.8 Å². The van der Waals surface area contributed by atoms with Gasteiger partial charge in [-0.3, -0.25) is 19.5 Å². The number of carbonyl (C=O) groups is 1. The molecule has 0 aliphatic heterocycles. The van der Waals surface area contributed by atoms with E-state index in [0.717, 1.165) is 29.4 Å². The van der Waals surface area contributed by atoms with Gasteiger partial charge in [0.2, 0.25) is 5.91 Å². The number of nitrogens with one attached hydrogen (secondary N) is 1. The van der Waals surface area contributed by atoms with Gasteiger partial charge in [-0.05, 0) is 23.6 Å². The van der Waals surface area contributed by atoms with Crippen LogP contribution in [0.15, 0.2) is 60.0 Å². The Morgan fingerprint density at radius 3 is 2.79 bits per heavy atom. The van der Waals surface area contributed by atoms with Crippen molar-refractivity contribution in [3.63, 3.8) is 0 Å². The molecule has 0 saturated carbocycles. The molecule has 1 aromatic heterocycles. The second-order valence-corrected chi connectivity index (χ2v) is 7.49. The zero-order valence-electron chi connectivity index (χ0n) is 15.8. The van der Waals surface area contributed by atoms with Gasteiger partial charge in [0.25, 0.3) is 5.69 Å². The number of hydrogen-bond donors (Lipinski definition) is 1. The summed E-state index contributed by atoms with van der Waals surface area (Å²) in [4.78, 5) is 26.8. The maximum Gasteiger partial charge on any atom is 0.271 e. The highest BCUT2D eigenvalue weighted by atomic mass is 32.2. The Kier molecular flexibility index (Phi) is 6.28. The lowest BCUT2D eigenvalue weighted by Gasteiger charge is -2.15. The maximum absolute atomic E-state index is 13.9. The quantitative estimate of drug-likeness (QED) is 0.342. The van der Waals surface area contributed by atoms with Crippen molar-refractivity contribution in [1.29, 1.82) is 0 Å². The summed E-state index contributed by atoms with van der Waals surface area (Å²) in [7, 11) is 0. The number of benzene rings is 2. The van der Waals surface area contributed by atoms with Gasteiger partial charge in [-0.1, -0.05) is 43.8 Å². The number of nitrogens with zero attached hydrogens (tertiary/aromatic N) is 3. The average Bonchev–Trinajstić information content (AvgIpc) is 3.16. The first-order chi connectivity index (χ1) is 13.9. The molecule has 0 spiro atoms. The predicted octanol–water partition coefficient (Wildman–Crippen LogP) is 4.77.